The lowest BCUT2D eigenvalue weighted by Crippen LogP contribution is -2.49. The maximum Gasteiger partial charge on any atom is 0.410 e. The lowest BCUT2D eigenvalue weighted by molar-refractivity contribution is 0.0680. The molecule has 1 aliphatic heterocycles. The third-order valence-electron chi connectivity index (χ3n) is 6.45. The number of fused-ring (bicyclic) bond motifs is 1. The maximum absolute atomic E-state index is 12.8. The zero-order valence-corrected chi connectivity index (χ0v) is 20.3. The summed E-state index contributed by atoms with van der Waals surface area (Å²) < 4.78 is 14.6. The van der Waals surface area contributed by atoms with Crippen LogP contribution < -0.4 is 4.90 Å². The predicted molar refractivity (Wildman–Crippen MR) is 133 cm³/mol. The van der Waals surface area contributed by atoms with Gasteiger partial charge in [0.05, 0.1) is 30.2 Å². The second-order valence-electron chi connectivity index (χ2n) is 8.85. The summed E-state index contributed by atoms with van der Waals surface area (Å²) in [7, 11) is 3.58. The van der Waals surface area contributed by atoms with Crippen LogP contribution in [0.5, 0.6) is 0 Å². The number of piperazine rings is 1. The van der Waals surface area contributed by atoms with Crippen LogP contribution in [0.15, 0.2) is 61.2 Å². The molecule has 0 saturated carbocycles. The fourth-order valence-electron chi connectivity index (χ4n) is 4.43. The van der Waals surface area contributed by atoms with Gasteiger partial charge < -0.3 is 19.3 Å². The molecule has 1 amide bonds. The van der Waals surface area contributed by atoms with Crippen molar-refractivity contribution in [3.63, 3.8) is 0 Å². The molecule has 0 radical (unpaired) electrons. The summed E-state index contributed by atoms with van der Waals surface area (Å²) in [6.45, 7) is 5.12. The number of rotatable bonds is 6. The van der Waals surface area contributed by atoms with Gasteiger partial charge in [0, 0.05) is 63.9 Å². The van der Waals surface area contributed by atoms with Crippen LogP contribution in [0.2, 0.25) is 0 Å². The van der Waals surface area contributed by atoms with Crippen molar-refractivity contribution in [2.75, 3.05) is 38.2 Å². The van der Waals surface area contributed by atoms with E-state index in [2.05, 4.69) is 27.2 Å². The van der Waals surface area contributed by atoms with Crippen LogP contribution in [0.25, 0.3) is 16.6 Å². The number of hydrogen-bond donors (Lipinski definition) is 0. The first kappa shape index (κ1) is 22.9. The van der Waals surface area contributed by atoms with E-state index in [0.29, 0.717) is 19.7 Å². The normalized spacial score (nSPS) is 14.9. The largest absolute Gasteiger partial charge is 0.442 e. The SMILES string of the molecule is COCc1ccc(C(C)OC(=O)N2CCN(c3cnn4cc(-c5cnn(C)c5)ccc34)CC2)cc1. The zero-order valence-electron chi connectivity index (χ0n) is 20.3. The Morgan fingerprint density at radius 1 is 0.971 bits per heavy atom. The first-order valence-corrected chi connectivity index (χ1v) is 11.8. The highest BCUT2D eigenvalue weighted by Crippen LogP contribution is 2.27. The molecule has 1 fully saturated rings. The van der Waals surface area contributed by atoms with Crippen LogP contribution in [0.3, 0.4) is 0 Å². The molecular formula is C26H30N6O3. The summed E-state index contributed by atoms with van der Waals surface area (Å²) in [6.07, 6.45) is 7.16. The Labute approximate surface area is 204 Å². The number of aromatic nitrogens is 4. The van der Waals surface area contributed by atoms with Gasteiger partial charge in [0.2, 0.25) is 0 Å². The zero-order chi connectivity index (χ0) is 24.4. The Balaban J connectivity index is 1.19. The summed E-state index contributed by atoms with van der Waals surface area (Å²) in [5.74, 6) is 0. The van der Waals surface area contributed by atoms with E-state index in [9.17, 15) is 4.79 Å². The highest BCUT2D eigenvalue weighted by Gasteiger charge is 2.25. The molecule has 5 rings (SSSR count). The molecule has 1 aromatic carbocycles. The number of benzene rings is 1. The predicted octanol–water partition coefficient (Wildman–Crippen LogP) is 3.90. The number of nitrogens with zero attached hydrogens (tertiary/aromatic N) is 6. The molecule has 9 heteroatoms. The number of aryl methyl sites for hydroxylation is 1. The van der Waals surface area contributed by atoms with Crippen molar-refractivity contribution in [1.29, 1.82) is 0 Å². The van der Waals surface area contributed by atoms with Crippen molar-refractivity contribution in [2.45, 2.75) is 19.6 Å². The van der Waals surface area contributed by atoms with Gasteiger partial charge in [0.25, 0.3) is 0 Å². The molecule has 0 spiro atoms. The van der Waals surface area contributed by atoms with Crippen LogP contribution in [0, 0.1) is 0 Å². The summed E-state index contributed by atoms with van der Waals surface area (Å²) in [5, 5.41) is 8.82. The van der Waals surface area contributed by atoms with E-state index in [4.69, 9.17) is 9.47 Å². The molecule has 1 saturated heterocycles. The Morgan fingerprint density at radius 2 is 1.74 bits per heavy atom. The minimum absolute atomic E-state index is 0.279. The average molecular weight is 475 g/mol. The lowest BCUT2D eigenvalue weighted by atomic mass is 10.1. The Bertz CT molecular complexity index is 1300. The second kappa shape index (κ2) is 9.79. The van der Waals surface area contributed by atoms with Crippen molar-refractivity contribution in [2.24, 2.45) is 7.05 Å². The number of ether oxygens (including phenoxy) is 2. The van der Waals surface area contributed by atoms with Gasteiger partial charge >= 0.3 is 6.09 Å². The van der Waals surface area contributed by atoms with Gasteiger partial charge in [0.15, 0.2) is 0 Å². The standard InChI is InChI=1S/C26H30N6O3/c1-19(21-6-4-20(5-7-21)18-34-3)35-26(33)31-12-10-30(11-13-31)25-15-28-32-17-22(8-9-24(25)32)23-14-27-29(2)16-23/h4-9,14-17,19H,10-13,18H2,1-3H3. The van der Waals surface area contributed by atoms with Gasteiger partial charge in [-0.15, -0.1) is 0 Å². The first-order valence-electron chi connectivity index (χ1n) is 11.8. The topological polar surface area (TPSA) is 77.1 Å². The van der Waals surface area contributed by atoms with Crippen LogP contribution in [-0.4, -0.2) is 63.7 Å². The van der Waals surface area contributed by atoms with Gasteiger partial charge in [-0.25, -0.2) is 9.31 Å². The lowest BCUT2D eigenvalue weighted by Gasteiger charge is -2.35. The number of carbonyl (C=O) groups excluding carboxylic acids is 1. The fourth-order valence-corrected chi connectivity index (χ4v) is 4.43. The molecule has 0 N–H and O–H groups in total. The number of carbonyl (C=O) groups is 1. The minimum atomic E-state index is -0.314. The number of hydrogen-bond acceptors (Lipinski definition) is 6. The Morgan fingerprint density at radius 3 is 2.43 bits per heavy atom. The molecule has 4 heterocycles. The number of methoxy groups -OCH3 is 1. The first-order chi connectivity index (χ1) is 17.0. The molecular weight excluding hydrogens is 444 g/mol. The van der Waals surface area contributed by atoms with E-state index in [0.717, 1.165) is 46.5 Å². The number of amides is 1. The summed E-state index contributed by atoms with van der Waals surface area (Å²) in [4.78, 5) is 16.8. The van der Waals surface area contributed by atoms with Gasteiger partial charge in [-0.2, -0.15) is 10.2 Å². The quantitative estimate of drug-likeness (QED) is 0.422. The van der Waals surface area contributed by atoms with Crippen LogP contribution in [-0.2, 0) is 23.1 Å². The van der Waals surface area contributed by atoms with Crippen molar-refractivity contribution in [3.8, 4) is 11.1 Å². The van der Waals surface area contributed by atoms with Crippen molar-refractivity contribution >= 4 is 17.3 Å². The smallest absolute Gasteiger partial charge is 0.410 e. The summed E-state index contributed by atoms with van der Waals surface area (Å²) >= 11 is 0. The molecule has 9 nitrogen and oxygen atoms in total. The Kier molecular flexibility index (Phi) is 6.41. The third kappa shape index (κ3) is 4.85. The molecule has 1 atom stereocenters. The molecule has 0 aliphatic carbocycles. The van der Waals surface area contributed by atoms with Gasteiger partial charge in [0.1, 0.15) is 6.10 Å². The third-order valence-corrected chi connectivity index (χ3v) is 6.45. The fraction of sp³-hybridized carbons (Fsp3) is 0.346. The van der Waals surface area contributed by atoms with Crippen LogP contribution in [0.4, 0.5) is 10.5 Å². The van der Waals surface area contributed by atoms with E-state index in [-0.39, 0.29) is 12.2 Å². The molecule has 1 aliphatic rings. The maximum atomic E-state index is 12.8. The van der Waals surface area contributed by atoms with E-state index in [1.807, 2.05) is 67.5 Å². The molecule has 3 aromatic heterocycles. The minimum Gasteiger partial charge on any atom is -0.442 e. The molecule has 35 heavy (non-hydrogen) atoms. The number of pyridine rings is 1. The molecule has 182 valence electrons. The monoisotopic (exact) mass is 474 g/mol. The highest BCUT2D eigenvalue weighted by molar-refractivity contribution is 5.76. The van der Waals surface area contributed by atoms with E-state index in [1.54, 1.807) is 16.7 Å². The van der Waals surface area contributed by atoms with Crippen LogP contribution in [0.1, 0.15) is 24.2 Å². The van der Waals surface area contributed by atoms with Gasteiger partial charge in [-0.1, -0.05) is 30.3 Å². The van der Waals surface area contributed by atoms with Gasteiger partial charge in [-0.3, -0.25) is 4.68 Å². The molecule has 4 aromatic rings. The molecule has 0 bridgehead atoms. The van der Waals surface area contributed by atoms with Gasteiger partial charge in [-0.05, 0) is 24.1 Å². The van der Waals surface area contributed by atoms with E-state index >= 15 is 0 Å². The van der Waals surface area contributed by atoms with E-state index < -0.39 is 0 Å². The summed E-state index contributed by atoms with van der Waals surface area (Å²) in [6, 6.07) is 12.1. The van der Waals surface area contributed by atoms with Crippen molar-refractivity contribution in [3.05, 3.63) is 72.3 Å². The van der Waals surface area contributed by atoms with Crippen LogP contribution >= 0.6 is 0 Å². The van der Waals surface area contributed by atoms with E-state index in [1.165, 1.54) is 0 Å². The van der Waals surface area contributed by atoms with Crippen molar-refractivity contribution < 1.29 is 14.3 Å². The molecule has 1 unspecified atom stereocenters. The second-order valence-corrected chi connectivity index (χ2v) is 8.85. The highest BCUT2D eigenvalue weighted by atomic mass is 16.6. The number of anilines is 1. The summed E-state index contributed by atoms with van der Waals surface area (Å²) in [5.41, 5.74) is 6.29. The average Bonchev–Trinajstić information content (AvgIpc) is 3.50. The van der Waals surface area contributed by atoms with Crippen molar-refractivity contribution in [1.82, 2.24) is 24.3 Å². The Hall–Kier alpha value is -3.85.